The van der Waals surface area contributed by atoms with E-state index in [0.29, 0.717) is 23.0 Å². The molecular formula is C21H20N6O. The van der Waals surface area contributed by atoms with Crippen molar-refractivity contribution in [1.82, 2.24) is 24.3 Å². The first-order chi connectivity index (χ1) is 13.6. The summed E-state index contributed by atoms with van der Waals surface area (Å²) in [4.78, 5) is 16.8. The van der Waals surface area contributed by atoms with Gasteiger partial charge in [0.25, 0.3) is 5.91 Å². The number of benzene rings is 1. The average Bonchev–Trinajstić information content (AvgIpc) is 3.36. The lowest BCUT2D eigenvalue weighted by atomic mass is 10.1. The molecule has 0 atom stereocenters. The highest BCUT2D eigenvalue weighted by atomic mass is 16.1. The number of aromatic nitrogens is 5. The van der Waals surface area contributed by atoms with Crippen LogP contribution in [0.15, 0.2) is 67.0 Å². The molecule has 0 bridgehead atoms. The molecule has 3 aromatic heterocycles. The maximum absolute atomic E-state index is 12.0. The number of carbonyl (C=O) groups excluding carboxylic acids is 1. The Labute approximate surface area is 162 Å². The van der Waals surface area contributed by atoms with E-state index in [4.69, 9.17) is 10.7 Å². The SMILES string of the molecule is CC(C)n1cnnc1-c1cccc(-n2c(C(N)=O)ccc2-c2ccccc2)n1. The van der Waals surface area contributed by atoms with Crippen molar-refractivity contribution in [1.29, 1.82) is 0 Å². The topological polar surface area (TPSA) is 91.6 Å². The third-order valence-electron chi connectivity index (χ3n) is 4.52. The fourth-order valence-electron chi connectivity index (χ4n) is 3.19. The molecule has 140 valence electrons. The van der Waals surface area contributed by atoms with Gasteiger partial charge in [-0.2, -0.15) is 0 Å². The summed E-state index contributed by atoms with van der Waals surface area (Å²) in [6.07, 6.45) is 1.69. The smallest absolute Gasteiger partial charge is 0.265 e. The molecule has 4 rings (SSSR count). The van der Waals surface area contributed by atoms with Gasteiger partial charge in [-0.25, -0.2) is 4.98 Å². The molecule has 0 unspecified atom stereocenters. The first-order valence-corrected chi connectivity index (χ1v) is 9.00. The van der Waals surface area contributed by atoms with Gasteiger partial charge in [-0.15, -0.1) is 10.2 Å². The summed E-state index contributed by atoms with van der Waals surface area (Å²) in [5, 5.41) is 8.23. The van der Waals surface area contributed by atoms with Crippen LogP contribution in [0.1, 0.15) is 30.4 Å². The van der Waals surface area contributed by atoms with Crippen molar-refractivity contribution in [2.24, 2.45) is 5.73 Å². The second kappa shape index (κ2) is 7.11. The summed E-state index contributed by atoms with van der Waals surface area (Å²) in [6, 6.07) is 19.2. The van der Waals surface area contributed by atoms with Crippen LogP contribution in [0.3, 0.4) is 0 Å². The van der Waals surface area contributed by atoms with Crippen LogP contribution in [-0.4, -0.2) is 30.2 Å². The number of pyridine rings is 1. The molecule has 28 heavy (non-hydrogen) atoms. The van der Waals surface area contributed by atoms with Crippen molar-refractivity contribution in [2.75, 3.05) is 0 Å². The lowest BCUT2D eigenvalue weighted by Gasteiger charge is -2.14. The van der Waals surface area contributed by atoms with E-state index < -0.39 is 5.91 Å². The fourth-order valence-corrected chi connectivity index (χ4v) is 3.19. The molecule has 1 amide bonds. The van der Waals surface area contributed by atoms with Crippen molar-refractivity contribution >= 4 is 5.91 Å². The first-order valence-electron chi connectivity index (χ1n) is 9.00. The molecule has 0 aliphatic heterocycles. The quantitative estimate of drug-likeness (QED) is 0.580. The van der Waals surface area contributed by atoms with Crippen molar-refractivity contribution in [2.45, 2.75) is 19.9 Å². The lowest BCUT2D eigenvalue weighted by molar-refractivity contribution is 0.0994. The van der Waals surface area contributed by atoms with E-state index in [2.05, 4.69) is 24.0 Å². The van der Waals surface area contributed by atoms with Crippen LogP contribution in [0.2, 0.25) is 0 Å². The Morgan fingerprint density at radius 3 is 2.50 bits per heavy atom. The van der Waals surface area contributed by atoms with Crippen LogP contribution in [0, 0.1) is 0 Å². The van der Waals surface area contributed by atoms with Gasteiger partial charge in [0.15, 0.2) is 5.82 Å². The molecule has 0 fully saturated rings. The Kier molecular flexibility index (Phi) is 4.49. The highest BCUT2D eigenvalue weighted by Crippen LogP contribution is 2.27. The highest BCUT2D eigenvalue weighted by molar-refractivity contribution is 5.93. The highest BCUT2D eigenvalue weighted by Gasteiger charge is 2.18. The van der Waals surface area contributed by atoms with Crippen LogP contribution >= 0.6 is 0 Å². The Balaban J connectivity index is 1.89. The zero-order chi connectivity index (χ0) is 19.7. The molecule has 7 nitrogen and oxygen atoms in total. The number of amides is 1. The van der Waals surface area contributed by atoms with E-state index in [9.17, 15) is 4.79 Å². The summed E-state index contributed by atoms with van der Waals surface area (Å²) in [7, 11) is 0. The first kappa shape index (κ1) is 17.7. The fraction of sp³-hybridized carbons (Fsp3) is 0.143. The van der Waals surface area contributed by atoms with Crippen LogP contribution in [0.4, 0.5) is 0 Å². The third kappa shape index (κ3) is 3.07. The second-order valence-electron chi connectivity index (χ2n) is 6.71. The number of hydrogen-bond acceptors (Lipinski definition) is 4. The molecule has 0 saturated heterocycles. The van der Waals surface area contributed by atoms with Gasteiger partial charge >= 0.3 is 0 Å². The van der Waals surface area contributed by atoms with Gasteiger partial charge in [-0.3, -0.25) is 9.36 Å². The molecule has 3 heterocycles. The maximum atomic E-state index is 12.0. The monoisotopic (exact) mass is 372 g/mol. The van der Waals surface area contributed by atoms with Crippen molar-refractivity contribution in [3.05, 3.63) is 72.7 Å². The normalized spacial score (nSPS) is 11.1. The number of carbonyl (C=O) groups is 1. The molecule has 4 aromatic rings. The van der Waals surface area contributed by atoms with Crippen molar-refractivity contribution in [3.63, 3.8) is 0 Å². The Hall–Kier alpha value is -3.74. The maximum Gasteiger partial charge on any atom is 0.265 e. The van der Waals surface area contributed by atoms with E-state index in [-0.39, 0.29) is 6.04 Å². The largest absolute Gasteiger partial charge is 0.364 e. The van der Waals surface area contributed by atoms with Gasteiger partial charge in [0.1, 0.15) is 23.5 Å². The van der Waals surface area contributed by atoms with Crippen LogP contribution < -0.4 is 5.73 Å². The Morgan fingerprint density at radius 1 is 1.00 bits per heavy atom. The summed E-state index contributed by atoms with van der Waals surface area (Å²) in [5.74, 6) is 0.749. The minimum atomic E-state index is -0.514. The zero-order valence-corrected chi connectivity index (χ0v) is 15.6. The minimum absolute atomic E-state index is 0.197. The summed E-state index contributed by atoms with van der Waals surface area (Å²) >= 11 is 0. The molecule has 0 aliphatic carbocycles. The van der Waals surface area contributed by atoms with E-state index in [1.807, 2.05) is 59.2 Å². The molecule has 7 heteroatoms. The van der Waals surface area contributed by atoms with Gasteiger partial charge in [0.2, 0.25) is 0 Å². The van der Waals surface area contributed by atoms with E-state index in [1.54, 1.807) is 17.0 Å². The molecule has 0 saturated carbocycles. The van der Waals surface area contributed by atoms with Crippen LogP contribution in [0.25, 0.3) is 28.6 Å². The van der Waals surface area contributed by atoms with Crippen LogP contribution in [0.5, 0.6) is 0 Å². The average molecular weight is 372 g/mol. The molecule has 2 N–H and O–H groups in total. The zero-order valence-electron chi connectivity index (χ0n) is 15.6. The van der Waals surface area contributed by atoms with Crippen molar-refractivity contribution in [3.8, 4) is 28.6 Å². The molecular weight excluding hydrogens is 352 g/mol. The van der Waals surface area contributed by atoms with Gasteiger partial charge < -0.3 is 10.3 Å². The van der Waals surface area contributed by atoms with E-state index in [0.717, 1.165) is 11.3 Å². The summed E-state index contributed by atoms with van der Waals surface area (Å²) < 4.78 is 3.73. The van der Waals surface area contributed by atoms with E-state index in [1.165, 1.54) is 0 Å². The van der Waals surface area contributed by atoms with Gasteiger partial charge in [-0.1, -0.05) is 36.4 Å². The standard InChI is InChI=1S/C21H20N6O/c1-14(2)26-13-23-25-21(26)16-9-6-10-19(24-16)27-17(11-12-18(27)20(22)28)15-7-4-3-5-8-15/h3-14H,1-2H3,(H2,22,28). The number of primary amides is 1. The molecule has 0 spiro atoms. The van der Waals surface area contributed by atoms with Gasteiger partial charge in [0.05, 0.1) is 5.69 Å². The third-order valence-corrected chi connectivity index (χ3v) is 4.52. The molecule has 0 radical (unpaired) electrons. The van der Waals surface area contributed by atoms with Crippen LogP contribution in [-0.2, 0) is 0 Å². The van der Waals surface area contributed by atoms with Gasteiger partial charge in [0, 0.05) is 6.04 Å². The molecule has 1 aromatic carbocycles. The number of nitrogens with zero attached hydrogens (tertiary/aromatic N) is 5. The number of rotatable bonds is 5. The van der Waals surface area contributed by atoms with Crippen molar-refractivity contribution < 1.29 is 4.79 Å². The second-order valence-corrected chi connectivity index (χ2v) is 6.71. The van der Waals surface area contributed by atoms with E-state index >= 15 is 0 Å². The number of hydrogen-bond donors (Lipinski definition) is 1. The predicted molar refractivity (Wildman–Crippen MR) is 107 cm³/mol. The summed E-state index contributed by atoms with van der Waals surface area (Å²) in [6.45, 7) is 4.11. The summed E-state index contributed by atoms with van der Waals surface area (Å²) in [5.41, 5.74) is 8.47. The predicted octanol–water partition coefficient (Wildman–Crippen LogP) is 3.48. The molecule has 0 aliphatic rings. The lowest BCUT2D eigenvalue weighted by Crippen LogP contribution is -2.17. The minimum Gasteiger partial charge on any atom is -0.364 e. The number of nitrogens with two attached hydrogens (primary N) is 1. The van der Waals surface area contributed by atoms with Gasteiger partial charge in [-0.05, 0) is 43.7 Å². The Bertz CT molecular complexity index is 1130. The Morgan fingerprint density at radius 2 is 1.79 bits per heavy atom.